The molecule has 0 saturated carbocycles. The van der Waals surface area contributed by atoms with Crippen LogP contribution in [0.1, 0.15) is 28.7 Å². The molecule has 1 unspecified atom stereocenters. The number of aryl methyl sites for hydroxylation is 2. The summed E-state index contributed by atoms with van der Waals surface area (Å²) in [5.41, 5.74) is 9.54. The van der Waals surface area contributed by atoms with Crippen molar-refractivity contribution in [3.63, 3.8) is 0 Å². The van der Waals surface area contributed by atoms with Crippen LogP contribution in [0.25, 0.3) is 0 Å². The zero-order valence-electron chi connectivity index (χ0n) is 11.8. The fraction of sp³-hybridized carbons (Fsp3) is 0.294. The molecule has 0 spiro atoms. The van der Waals surface area contributed by atoms with Gasteiger partial charge in [-0.3, -0.25) is 4.21 Å². The van der Waals surface area contributed by atoms with E-state index in [1.807, 2.05) is 12.1 Å². The zero-order chi connectivity index (χ0) is 14.8. The maximum absolute atomic E-state index is 13.8. The SMILES string of the molecule is NCc1ccc(F)c(CS(=O)c2ccc3c(c2)CCC3)c1. The highest BCUT2D eigenvalue weighted by molar-refractivity contribution is 7.84. The number of fused-ring (bicyclic) bond motifs is 1. The largest absolute Gasteiger partial charge is 0.326 e. The summed E-state index contributed by atoms with van der Waals surface area (Å²) in [6.45, 7) is 0.360. The third-order valence-corrected chi connectivity index (χ3v) is 5.32. The molecule has 0 aliphatic heterocycles. The Bertz CT molecular complexity index is 699. The fourth-order valence-corrected chi connectivity index (χ4v) is 3.94. The van der Waals surface area contributed by atoms with Gasteiger partial charge >= 0.3 is 0 Å². The lowest BCUT2D eigenvalue weighted by Gasteiger charge is -2.08. The molecule has 0 bridgehead atoms. The Morgan fingerprint density at radius 1 is 1.10 bits per heavy atom. The molecule has 110 valence electrons. The first kappa shape index (κ1) is 14.4. The van der Waals surface area contributed by atoms with Gasteiger partial charge in [-0.2, -0.15) is 0 Å². The first-order chi connectivity index (χ1) is 10.2. The van der Waals surface area contributed by atoms with Crippen LogP contribution in [0, 0.1) is 5.82 Å². The molecule has 0 radical (unpaired) electrons. The van der Waals surface area contributed by atoms with Gasteiger partial charge in [0.1, 0.15) is 5.82 Å². The fourth-order valence-electron chi connectivity index (χ4n) is 2.78. The predicted octanol–water partition coefficient (Wildman–Crippen LogP) is 3.08. The molecule has 2 N–H and O–H groups in total. The number of rotatable bonds is 4. The number of benzene rings is 2. The maximum atomic E-state index is 13.8. The van der Waals surface area contributed by atoms with Crippen LogP contribution in [-0.4, -0.2) is 4.21 Å². The van der Waals surface area contributed by atoms with E-state index in [9.17, 15) is 8.60 Å². The Morgan fingerprint density at radius 2 is 1.90 bits per heavy atom. The molecule has 0 heterocycles. The van der Waals surface area contributed by atoms with Gasteiger partial charge < -0.3 is 5.73 Å². The lowest BCUT2D eigenvalue weighted by Crippen LogP contribution is -2.03. The highest BCUT2D eigenvalue weighted by Gasteiger charge is 2.15. The molecule has 2 nitrogen and oxygen atoms in total. The van der Waals surface area contributed by atoms with Gasteiger partial charge in [0.15, 0.2) is 0 Å². The Kier molecular flexibility index (Phi) is 4.17. The smallest absolute Gasteiger partial charge is 0.127 e. The molecule has 2 aromatic rings. The summed E-state index contributed by atoms with van der Waals surface area (Å²) >= 11 is 0. The molecule has 0 fully saturated rings. The highest BCUT2D eigenvalue weighted by atomic mass is 32.2. The van der Waals surface area contributed by atoms with E-state index in [1.54, 1.807) is 12.1 Å². The predicted molar refractivity (Wildman–Crippen MR) is 82.9 cm³/mol. The van der Waals surface area contributed by atoms with Crippen molar-refractivity contribution in [1.82, 2.24) is 0 Å². The number of nitrogens with two attached hydrogens (primary N) is 1. The summed E-state index contributed by atoms with van der Waals surface area (Å²) in [4.78, 5) is 0.785. The molecule has 21 heavy (non-hydrogen) atoms. The number of hydrogen-bond donors (Lipinski definition) is 1. The van der Waals surface area contributed by atoms with E-state index in [0.717, 1.165) is 23.3 Å². The van der Waals surface area contributed by atoms with Crippen molar-refractivity contribution >= 4 is 10.8 Å². The molecular formula is C17H18FNOS. The Morgan fingerprint density at radius 3 is 2.71 bits per heavy atom. The maximum Gasteiger partial charge on any atom is 0.127 e. The Hall–Kier alpha value is -1.52. The number of halogens is 1. The second-order valence-electron chi connectivity index (χ2n) is 5.40. The van der Waals surface area contributed by atoms with Crippen LogP contribution < -0.4 is 5.73 Å². The molecule has 1 aliphatic carbocycles. The third-order valence-electron chi connectivity index (χ3n) is 3.97. The van der Waals surface area contributed by atoms with Crippen LogP contribution in [0.3, 0.4) is 0 Å². The standard InChI is InChI=1S/C17H18FNOS/c18-17-7-4-12(10-19)8-15(17)11-21(20)16-6-5-13-2-1-3-14(13)9-16/h4-9H,1-3,10-11,19H2. The van der Waals surface area contributed by atoms with E-state index in [-0.39, 0.29) is 11.6 Å². The molecule has 0 amide bonds. The van der Waals surface area contributed by atoms with E-state index in [4.69, 9.17) is 5.73 Å². The number of hydrogen-bond acceptors (Lipinski definition) is 2. The van der Waals surface area contributed by atoms with Crippen LogP contribution in [0.2, 0.25) is 0 Å². The van der Waals surface area contributed by atoms with Crippen LogP contribution in [0.4, 0.5) is 4.39 Å². The second kappa shape index (κ2) is 6.08. The minimum Gasteiger partial charge on any atom is -0.326 e. The van der Waals surface area contributed by atoms with Crippen molar-refractivity contribution in [3.8, 4) is 0 Å². The van der Waals surface area contributed by atoms with Crippen molar-refractivity contribution < 1.29 is 8.60 Å². The van der Waals surface area contributed by atoms with Crippen LogP contribution in [-0.2, 0) is 35.9 Å². The molecule has 4 heteroatoms. The van der Waals surface area contributed by atoms with E-state index >= 15 is 0 Å². The lowest BCUT2D eigenvalue weighted by atomic mass is 10.1. The van der Waals surface area contributed by atoms with Crippen molar-refractivity contribution in [2.75, 3.05) is 0 Å². The summed E-state index contributed by atoms with van der Waals surface area (Å²) < 4.78 is 26.3. The highest BCUT2D eigenvalue weighted by Crippen LogP contribution is 2.25. The van der Waals surface area contributed by atoms with Crippen molar-refractivity contribution in [3.05, 3.63) is 64.5 Å². The van der Waals surface area contributed by atoms with Gasteiger partial charge in [0, 0.05) is 17.0 Å². The van der Waals surface area contributed by atoms with Crippen LogP contribution in [0.15, 0.2) is 41.3 Å². The molecule has 1 aliphatic rings. The molecule has 1 atom stereocenters. The summed E-state index contributed by atoms with van der Waals surface area (Å²) in [6.07, 6.45) is 3.32. The zero-order valence-corrected chi connectivity index (χ0v) is 12.6. The summed E-state index contributed by atoms with van der Waals surface area (Å²) in [6, 6.07) is 10.8. The summed E-state index contributed by atoms with van der Waals surface area (Å²) in [5, 5.41) is 0. The van der Waals surface area contributed by atoms with Crippen molar-refractivity contribution in [2.24, 2.45) is 5.73 Å². The summed E-state index contributed by atoms with van der Waals surface area (Å²) in [7, 11) is -1.23. The van der Waals surface area contributed by atoms with Crippen LogP contribution in [0.5, 0.6) is 0 Å². The lowest BCUT2D eigenvalue weighted by molar-refractivity contribution is 0.614. The van der Waals surface area contributed by atoms with Crippen LogP contribution >= 0.6 is 0 Å². The van der Waals surface area contributed by atoms with Gasteiger partial charge in [-0.1, -0.05) is 18.2 Å². The normalized spacial score (nSPS) is 15.0. The topological polar surface area (TPSA) is 43.1 Å². The molecule has 2 aromatic carbocycles. The molecule has 3 rings (SSSR count). The Labute approximate surface area is 126 Å². The minimum absolute atomic E-state index is 0.193. The van der Waals surface area contributed by atoms with E-state index in [0.29, 0.717) is 12.1 Å². The van der Waals surface area contributed by atoms with Gasteiger partial charge in [-0.25, -0.2) is 4.39 Å². The van der Waals surface area contributed by atoms with Gasteiger partial charge in [0.2, 0.25) is 0 Å². The molecular weight excluding hydrogens is 285 g/mol. The van der Waals surface area contributed by atoms with Crippen molar-refractivity contribution in [1.29, 1.82) is 0 Å². The average Bonchev–Trinajstić information content (AvgIpc) is 2.96. The third kappa shape index (κ3) is 3.06. The monoisotopic (exact) mass is 303 g/mol. The minimum atomic E-state index is -1.23. The van der Waals surface area contributed by atoms with Gasteiger partial charge in [0.25, 0.3) is 0 Å². The van der Waals surface area contributed by atoms with Gasteiger partial charge in [0.05, 0.1) is 16.6 Å². The van der Waals surface area contributed by atoms with E-state index in [1.165, 1.54) is 23.6 Å². The first-order valence-electron chi connectivity index (χ1n) is 7.15. The van der Waals surface area contributed by atoms with Gasteiger partial charge in [-0.15, -0.1) is 0 Å². The average molecular weight is 303 g/mol. The molecule has 0 saturated heterocycles. The second-order valence-corrected chi connectivity index (χ2v) is 6.85. The summed E-state index contributed by atoms with van der Waals surface area (Å²) in [5.74, 6) is -0.125. The van der Waals surface area contributed by atoms with Gasteiger partial charge in [-0.05, 0) is 54.2 Å². The Balaban J connectivity index is 1.83. The molecule has 0 aromatic heterocycles. The first-order valence-corrected chi connectivity index (χ1v) is 8.47. The van der Waals surface area contributed by atoms with E-state index < -0.39 is 10.8 Å². The van der Waals surface area contributed by atoms with E-state index in [2.05, 4.69) is 6.07 Å². The van der Waals surface area contributed by atoms with Crippen molar-refractivity contribution in [2.45, 2.75) is 36.5 Å². The quantitative estimate of drug-likeness (QED) is 0.943.